The minimum atomic E-state index is -0.739. The van der Waals surface area contributed by atoms with Crippen LogP contribution in [0.15, 0.2) is 59.8 Å². The molecule has 0 unspecified atom stereocenters. The minimum absolute atomic E-state index is 0.209. The Morgan fingerprint density at radius 2 is 1.70 bits per heavy atom. The van der Waals surface area contributed by atoms with E-state index >= 15 is 0 Å². The van der Waals surface area contributed by atoms with Crippen LogP contribution in [0, 0.1) is 0 Å². The van der Waals surface area contributed by atoms with E-state index in [0.717, 1.165) is 0 Å². The van der Waals surface area contributed by atoms with Gasteiger partial charge < -0.3 is 14.7 Å². The molecule has 5 nitrogen and oxygen atoms in total. The maximum Gasteiger partial charge on any atom is 0.360 e. The number of carbonyl (C=O) groups is 1. The Labute approximate surface area is 116 Å². The lowest BCUT2D eigenvalue weighted by atomic mass is 10.1. The Hall–Kier alpha value is -2.82. The first-order valence-corrected chi connectivity index (χ1v) is 5.89. The van der Waals surface area contributed by atoms with Gasteiger partial charge >= 0.3 is 5.97 Å². The molecule has 2 aromatic carbocycles. The SMILES string of the molecule is COC(=O)/C(=N/O)c1ccccc1Oc1ccccc1. The van der Waals surface area contributed by atoms with Crippen LogP contribution in [0.2, 0.25) is 0 Å². The van der Waals surface area contributed by atoms with Gasteiger partial charge in [-0.15, -0.1) is 0 Å². The lowest BCUT2D eigenvalue weighted by molar-refractivity contribution is -0.132. The first-order valence-electron chi connectivity index (χ1n) is 5.89. The number of rotatable bonds is 4. The highest BCUT2D eigenvalue weighted by Gasteiger charge is 2.19. The summed E-state index contributed by atoms with van der Waals surface area (Å²) < 4.78 is 10.3. The zero-order valence-electron chi connectivity index (χ0n) is 10.8. The summed E-state index contributed by atoms with van der Waals surface area (Å²) in [4.78, 5) is 11.6. The van der Waals surface area contributed by atoms with E-state index in [1.807, 2.05) is 18.2 Å². The zero-order chi connectivity index (χ0) is 14.4. The maximum absolute atomic E-state index is 11.6. The van der Waals surface area contributed by atoms with Crippen LogP contribution < -0.4 is 4.74 Å². The fourth-order valence-corrected chi connectivity index (χ4v) is 1.67. The Balaban J connectivity index is 2.38. The quantitative estimate of drug-likeness (QED) is 0.402. The summed E-state index contributed by atoms with van der Waals surface area (Å²) in [5, 5.41) is 12.0. The lowest BCUT2D eigenvalue weighted by Crippen LogP contribution is -2.17. The number of methoxy groups -OCH3 is 1. The molecule has 0 aliphatic rings. The van der Waals surface area contributed by atoms with Crippen molar-refractivity contribution in [3.05, 3.63) is 60.2 Å². The number of oxime groups is 1. The second-order valence-corrected chi connectivity index (χ2v) is 3.85. The molecule has 0 saturated heterocycles. The molecule has 0 heterocycles. The molecule has 0 atom stereocenters. The van der Waals surface area contributed by atoms with E-state index in [0.29, 0.717) is 17.1 Å². The predicted molar refractivity (Wildman–Crippen MR) is 73.3 cm³/mol. The van der Waals surface area contributed by atoms with E-state index in [1.54, 1.807) is 36.4 Å². The van der Waals surface area contributed by atoms with Gasteiger partial charge in [-0.25, -0.2) is 4.79 Å². The van der Waals surface area contributed by atoms with Gasteiger partial charge in [0.1, 0.15) is 11.5 Å². The van der Waals surface area contributed by atoms with Crippen LogP contribution in [0.25, 0.3) is 0 Å². The van der Waals surface area contributed by atoms with Crippen LogP contribution in [0.3, 0.4) is 0 Å². The van der Waals surface area contributed by atoms with Crippen molar-refractivity contribution in [2.75, 3.05) is 7.11 Å². The summed E-state index contributed by atoms with van der Waals surface area (Å²) in [6.45, 7) is 0. The molecule has 2 rings (SSSR count). The van der Waals surface area contributed by atoms with Crippen molar-refractivity contribution in [1.82, 2.24) is 0 Å². The normalized spacial score (nSPS) is 10.9. The molecule has 0 aromatic heterocycles. The molecular formula is C15H13NO4. The summed E-state index contributed by atoms with van der Waals surface area (Å²) in [7, 11) is 1.22. The first-order chi connectivity index (χ1) is 9.76. The molecule has 102 valence electrons. The molecule has 0 aliphatic carbocycles. The van der Waals surface area contributed by atoms with Crippen LogP contribution in [0.4, 0.5) is 0 Å². The van der Waals surface area contributed by atoms with Crippen molar-refractivity contribution in [2.24, 2.45) is 5.16 Å². The van der Waals surface area contributed by atoms with Gasteiger partial charge in [0.05, 0.1) is 12.7 Å². The monoisotopic (exact) mass is 271 g/mol. The molecule has 0 spiro atoms. The summed E-state index contributed by atoms with van der Waals surface area (Å²) in [6.07, 6.45) is 0. The van der Waals surface area contributed by atoms with Crippen LogP contribution in [-0.4, -0.2) is 24.0 Å². The standard InChI is InChI=1S/C15H13NO4/c1-19-15(17)14(16-18)12-9-5-6-10-13(12)20-11-7-3-2-4-8-11/h2-10,18H,1H3/b16-14+. The number of benzene rings is 2. The summed E-state index contributed by atoms with van der Waals surface area (Å²) >= 11 is 0. The Bertz CT molecular complexity index is 623. The van der Waals surface area contributed by atoms with Gasteiger partial charge in [0.15, 0.2) is 5.71 Å². The number of hydrogen-bond acceptors (Lipinski definition) is 5. The number of nitrogens with zero attached hydrogens (tertiary/aromatic N) is 1. The average Bonchev–Trinajstić information content (AvgIpc) is 2.50. The van der Waals surface area contributed by atoms with Crippen LogP contribution >= 0.6 is 0 Å². The molecule has 0 fully saturated rings. The molecule has 5 heteroatoms. The largest absolute Gasteiger partial charge is 0.464 e. The van der Waals surface area contributed by atoms with E-state index in [9.17, 15) is 4.79 Å². The van der Waals surface area contributed by atoms with E-state index in [1.165, 1.54) is 7.11 Å². The van der Waals surface area contributed by atoms with Gasteiger partial charge in [-0.05, 0) is 24.3 Å². The van der Waals surface area contributed by atoms with E-state index in [4.69, 9.17) is 9.94 Å². The van der Waals surface area contributed by atoms with Gasteiger partial charge in [-0.2, -0.15) is 0 Å². The highest BCUT2D eigenvalue weighted by atomic mass is 16.5. The van der Waals surface area contributed by atoms with E-state index in [2.05, 4.69) is 9.89 Å². The average molecular weight is 271 g/mol. The van der Waals surface area contributed by atoms with Gasteiger partial charge in [0, 0.05) is 0 Å². The lowest BCUT2D eigenvalue weighted by Gasteiger charge is -2.10. The van der Waals surface area contributed by atoms with Crippen LogP contribution in [0.5, 0.6) is 11.5 Å². The van der Waals surface area contributed by atoms with Crippen LogP contribution in [0.1, 0.15) is 5.56 Å². The Kier molecular flexibility index (Phi) is 4.34. The minimum Gasteiger partial charge on any atom is -0.464 e. The van der Waals surface area contributed by atoms with E-state index in [-0.39, 0.29) is 5.71 Å². The number of hydrogen-bond donors (Lipinski definition) is 1. The molecule has 1 N–H and O–H groups in total. The first kappa shape index (κ1) is 13.6. The second kappa shape index (κ2) is 6.38. The third kappa shape index (κ3) is 2.95. The Morgan fingerprint density at radius 3 is 2.35 bits per heavy atom. The van der Waals surface area contributed by atoms with Gasteiger partial charge in [0.25, 0.3) is 0 Å². The molecule has 0 bridgehead atoms. The van der Waals surface area contributed by atoms with E-state index < -0.39 is 5.97 Å². The molecular weight excluding hydrogens is 258 g/mol. The number of para-hydroxylation sites is 2. The highest BCUT2D eigenvalue weighted by molar-refractivity contribution is 6.43. The molecule has 0 aliphatic heterocycles. The number of carbonyl (C=O) groups excluding carboxylic acids is 1. The molecule has 20 heavy (non-hydrogen) atoms. The summed E-state index contributed by atoms with van der Waals surface area (Å²) in [6, 6.07) is 15.9. The fraction of sp³-hybridized carbons (Fsp3) is 0.0667. The highest BCUT2D eigenvalue weighted by Crippen LogP contribution is 2.25. The number of ether oxygens (including phenoxy) is 2. The predicted octanol–water partition coefficient (Wildman–Crippen LogP) is 2.83. The molecule has 2 aromatic rings. The van der Waals surface area contributed by atoms with Crippen LogP contribution in [-0.2, 0) is 9.53 Å². The van der Waals surface area contributed by atoms with Crippen molar-refractivity contribution >= 4 is 11.7 Å². The summed E-state index contributed by atoms with van der Waals surface area (Å²) in [5.74, 6) is 0.274. The summed E-state index contributed by atoms with van der Waals surface area (Å²) in [5.41, 5.74) is 0.143. The zero-order valence-corrected chi connectivity index (χ0v) is 10.8. The third-order valence-corrected chi connectivity index (χ3v) is 2.59. The maximum atomic E-state index is 11.6. The smallest absolute Gasteiger partial charge is 0.360 e. The Morgan fingerprint density at radius 1 is 1.05 bits per heavy atom. The van der Waals surface area contributed by atoms with Gasteiger partial charge in [-0.3, -0.25) is 0 Å². The van der Waals surface area contributed by atoms with Crippen molar-refractivity contribution in [1.29, 1.82) is 0 Å². The molecule has 0 amide bonds. The molecule has 0 radical (unpaired) electrons. The van der Waals surface area contributed by atoms with Gasteiger partial charge in [0.2, 0.25) is 0 Å². The van der Waals surface area contributed by atoms with Crippen molar-refractivity contribution < 1.29 is 19.5 Å². The number of esters is 1. The fourth-order valence-electron chi connectivity index (χ4n) is 1.67. The van der Waals surface area contributed by atoms with Crippen molar-refractivity contribution in [2.45, 2.75) is 0 Å². The topological polar surface area (TPSA) is 68.1 Å². The van der Waals surface area contributed by atoms with Gasteiger partial charge in [-0.1, -0.05) is 35.5 Å². The molecule has 0 saturated carbocycles. The van der Waals surface area contributed by atoms with Crippen molar-refractivity contribution in [3.63, 3.8) is 0 Å². The third-order valence-electron chi connectivity index (χ3n) is 2.59. The second-order valence-electron chi connectivity index (χ2n) is 3.85. The van der Waals surface area contributed by atoms with Crippen molar-refractivity contribution in [3.8, 4) is 11.5 Å².